The molecule has 1 saturated heterocycles. The second-order valence-electron chi connectivity index (χ2n) is 4.44. The summed E-state index contributed by atoms with van der Waals surface area (Å²) in [7, 11) is 0. The molecule has 0 saturated carbocycles. The molecule has 2 rings (SSSR count). The summed E-state index contributed by atoms with van der Waals surface area (Å²) in [4.78, 5) is 2.19. The zero-order chi connectivity index (χ0) is 11.7. The highest BCUT2D eigenvalue weighted by Crippen LogP contribution is 2.32. The zero-order valence-corrected chi connectivity index (χ0v) is 10.1. The van der Waals surface area contributed by atoms with E-state index in [4.69, 9.17) is 17.3 Å². The summed E-state index contributed by atoms with van der Waals surface area (Å²) in [6.45, 7) is 3.62. The zero-order valence-electron chi connectivity index (χ0n) is 9.36. The number of hydrogen-bond acceptors (Lipinski definition) is 3. The van der Waals surface area contributed by atoms with Gasteiger partial charge in [0.25, 0.3) is 0 Å². The number of nitrogens with zero attached hydrogens (tertiary/aromatic N) is 1. The van der Waals surface area contributed by atoms with Crippen LogP contribution in [0.4, 0.5) is 11.4 Å². The second kappa shape index (κ2) is 4.52. The van der Waals surface area contributed by atoms with Crippen molar-refractivity contribution in [1.29, 1.82) is 0 Å². The highest BCUT2D eigenvalue weighted by Gasteiger charge is 2.27. The molecule has 3 N–H and O–H groups in total. The minimum Gasteiger partial charge on any atom is -0.397 e. The second-order valence-corrected chi connectivity index (χ2v) is 4.87. The van der Waals surface area contributed by atoms with Crippen LogP contribution in [0.1, 0.15) is 13.3 Å². The van der Waals surface area contributed by atoms with E-state index in [1.54, 1.807) is 6.07 Å². The highest BCUT2D eigenvalue weighted by atomic mass is 35.5. The molecule has 0 bridgehead atoms. The van der Waals surface area contributed by atoms with Gasteiger partial charge in [-0.15, -0.1) is 0 Å². The number of benzene rings is 1. The van der Waals surface area contributed by atoms with Crippen molar-refractivity contribution in [2.75, 3.05) is 23.7 Å². The summed E-state index contributed by atoms with van der Waals surface area (Å²) in [6, 6.07) is 5.51. The fourth-order valence-corrected chi connectivity index (χ4v) is 2.36. The summed E-state index contributed by atoms with van der Waals surface area (Å²) in [5, 5.41) is 10.3. The normalized spacial score (nSPS) is 22.4. The van der Waals surface area contributed by atoms with Gasteiger partial charge in [0.2, 0.25) is 0 Å². The van der Waals surface area contributed by atoms with Gasteiger partial charge in [0.1, 0.15) is 0 Å². The van der Waals surface area contributed by atoms with Gasteiger partial charge in [-0.3, -0.25) is 0 Å². The molecule has 2 atom stereocenters. The van der Waals surface area contributed by atoms with Gasteiger partial charge in [-0.1, -0.05) is 11.6 Å². The van der Waals surface area contributed by atoms with Crippen LogP contribution in [0, 0.1) is 5.92 Å². The summed E-state index contributed by atoms with van der Waals surface area (Å²) < 4.78 is 0. The van der Waals surface area contributed by atoms with Crippen molar-refractivity contribution in [2.24, 2.45) is 5.92 Å². The molecular formula is C12H17ClN2O. The van der Waals surface area contributed by atoms with Crippen LogP contribution in [0.5, 0.6) is 0 Å². The molecule has 1 fully saturated rings. The smallest absolute Gasteiger partial charge is 0.0614 e. The Morgan fingerprint density at radius 3 is 2.94 bits per heavy atom. The molecule has 1 aliphatic rings. The molecular weight excluding hydrogens is 224 g/mol. The van der Waals surface area contributed by atoms with E-state index >= 15 is 0 Å². The van der Waals surface area contributed by atoms with Gasteiger partial charge in [0.05, 0.1) is 17.5 Å². The Morgan fingerprint density at radius 2 is 2.31 bits per heavy atom. The van der Waals surface area contributed by atoms with Gasteiger partial charge in [0.15, 0.2) is 0 Å². The van der Waals surface area contributed by atoms with Crippen molar-refractivity contribution in [3.05, 3.63) is 23.2 Å². The van der Waals surface area contributed by atoms with Crippen LogP contribution in [0.15, 0.2) is 18.2 Å². The molecule has 4 heteroatoms. The third kappa shape index (κ3) is 2.25. The quantitative estimate of drug-likeness (QED) is 0.779. The van der Waals surface area contributed by atoms with Crippen molar-refractivity contribution in [3.63, 3.8) is 0 Å². The van der Waals surface area contributed by atoms with Crippen molar-refractivity contribution in [1.82, 2.24) is 0 Å². The first-order valence-corrected chi connectivity index (χ1v) is 5.94. The molecule has 1 heterocycles. The Kier molecular flexibility index (Phi) is 3.26. The number of hydrogen-bond donors (Lipinski definition) is 2. The lowest BCUT2D eigenvalue weighted by Gasteiger charge is -2.21. The lowest BCUT2D eigenvalue weighted by atomic mass is 10.0. The largest absolute Gasteiger partial charge is 0.397 e. The van der Waals surface area contributed by atoms with Crippen molar-refractivity contribution < 1.29 is 5.11 Å². The molecule has 16 heavy (non-hydrogen) atoms. The van der Waals surface area contributed by atoms with E-state index < -0.39 is 0 Å². The summed E-state index contributed by atoms with van der Waals surface area (Å²) >= 11 is 5.96. The van der Waals surface area contributed by atoms with Crippen LogP contribution < -0.4 is 10.6 Å². The molecule has 0 aromatic heterocycles. The highest BCUT2D eigenvalue weighted by molar-refractivity contribution is 6.31. The molecule has 0 spiro atoms. The van der Waals surface area contributed by atoms with E-state index in [1.807, 2.05) is 19.1 Å². The maximum atomic E-state index is 9.56. The van der Waals surface area contributed by atoms with Gasteiger partial charge in [-0.05, 0) is 31.5 Å². The molecule has 2 unspecified atom stereocenters. The summed E-state index contributed by atoms with van der Waals surface area (Å²) in [5.41, 5.74) is 7.66. The molecule has 1 aliphatic heterocycles. The fourth-order valence-electron chi connectivity index (χ4n) is 2.19. The van der Waals surface area contributed by atoms with Crippen molar-refractivity contribution >= 4 is 23.0 Å². The maximum absolute atomic E-state index is 9.56. The third-order valence-electron chi connectivity index (χ3n) is 3.24. The predicted octanol–water partition coefficient (Wildman–Crippen LogP) is 2.13. The third-order valence-corrected chi connectivity index (χ3v) is 3.48. The van der Waals surface area contributed by atoms with Crippen LogP contribution in [0.2, 0.25) is 5.02 Å². The number of nitrogen functional groups attached to an aromatic ring is 1. The Balaban J connectivity index is 2.17. The number of rotatable bonds is 2. The van der Waals surface area contributed by atoms with E-state index in [0.29, 0.717) is 10.9 Å². The number of anilines is 2. The van der Waals surface area contributed by atoms with Gasteiger partial charge in [-0.25, -0.2) is 0 Å². The number of halogens is 1. The first-order chi connectivity index (χ1) is 7.58. The number of nitrogens with two attached hydrogens (primary N) is 1. The van der Waals surface area contributed by atoms with Gasteiger partial charge >= 0.3 is 0 Å². The Hall–Kier alpha value is -0.930. The van der Waals surface area contributed by atoms with Crippen LogP contribution in [-0.4, -0.2) is 24.3 Å². The molecule has 0 amide bonds. The van der Waals surface area contributed by atoms with Crippen LogP contribution in [-0.2, 0) is 0 Å². The molecule has 1 aromatic carbocycles. The van der Waals surface area contributed by atoms with Crippen LogP contribution >= 0.6 is 11.6 Å². The summed E-state index contributed by atoms with van der Waals surface area (Å²) in [5.74, 6) is 0.332. The average molecular weight is 241 g/mol. The molecule has 0 aliphatic carbocycles. The van der Waals surface area contributed by atoms with Gasteiger partial charge in [-0.2, -0.15) is 0 Å². The van der Waals surface area contributed by atoms with E-state index in [2.05, 4.69) is 4.90 Å². The predicted molar refractivity (Wildman–Crippen MR) is 67.9 cm³/mol. The molecule has 88 valence electrons. The van der Waals surface area contributed by atoms with Crippen LogP contribution in [0.25, 0.3) is 0 Å². The van der Waals surface area contributed by atoms with E-state index in [9.17, 15) is 5.11 Å². The topological polar surface area (TPSA) is 49.5 Å². The maximum Gasteiger partial charge on any atom is 0.0614 e. The number of aliphatic hydroxyl groups is 1. The molecule has 0 radical (unpaired) electrons. The SMILES string of the molecule is CC(O)C1CCN(c2cc(Cl)ccc2N)C1. The number of aliphatic hydroxyl groups excluding tert-OH is 1. The van der Waals surface area contributed by atoms with Crippen molar-refractivity contribution in [3.8, 4) is 0 Å². The molecule has 3 nitrogen and oxygen atoms in total. The van der Waals surface area contributed by atoms with E-state index in [1.165, 1.54) is 0 Å². The van der Waals surface area contributed by atoms with Gasteiger partial charge < -0.3 is 15.7 Å². The van der Waals surface area contributed by atoms with E-state index in [0.717, 1.165) is 30.9 Å². The minimum atomic E-state index is -0.259. The Bertz CT molecular complexity index is 381. The lowest BCUT2D eigenvalue weighted by Crippen LogP contribution is -2.24. The average Bonchev–Trinajstić information content (AvgIpc) is 2.70. The van der Waals surface area contributed by atoms with Crippen molar-refractivity contribution in [2.45, 2.75) is 19.4 Å². The molecule has 1 aromatic rings. The monoisotopic (exact) mass is 240 g/mol. The first kappa shape index (κ1) is 11.6. The summed E-state index contributed by atoms with van der Waals surface area (Å²) in [6.07, 6.45) is 0.745. The lowest BCUT2D eigenvalue weighted by molar-refractivity contribution is 0.136. The Morgan fingerprint density at radius 1 is 1.56 bits per heavy atom. The Labute approximate surface area is 101 Å². The van der Waals surface area contributed by atoms with Gasteiger partial charge in [0, 0.05) is 24.0 Å². The first-order valence-electron chi connectivity index (χ1n) is 5.56. The standard InChI is InChI=1S/C12H17ClN2O/c1-8(16)9-4-5-15(7-9)12-6-10(13)2-3-11(12)14/h2-3,6,8-9,16H,4-5,7,14H2,1H3. The van der Waals surface area contributed by atoms with Crippen LogP contribution in [0.3, 0.4) is 0 Å². The fraction of sp³-hybridized carbons (Fsp3) is 0.500. The minimum absolute atomic E-state index is 0.259. The van der Waals surface area contributed by atoms with E-state index in [-0.39, 0.29) is 6.10 Å².